The lowest BCUT2D eigenvalue weighted by molar-refractivity contribution is 0.0252. The number of carbonyl (C=O) groups excluding carboxylic acids is 2. The lowest BCUT2D eigenvalue weighted by Crippen LogP contribution is -2.36. The van der Waals surface area contributed by atoms with E-state index >= 15 is 0 Å². The maximum atomic E-state index is 13.0. The molecule has 6 heteroatoms. The Kier molecular flexibility index (Phi) is 5.77. The molecule has 2 aliphatic heterocycles. The number of likely N-dealkylation sites (tertiary alicyclic amines) is 1. The Morgan fingerprint density at radius 3 is 2.62 bits per heavy atom. The standard InChI is InChI=1S/C26H26N2O4/c29-25(27-17-22(23-9-6-14-31-23)28-12-4-5-13-28)19-10-11-21-20(15-19)16-24(32-26(21)30)18-7-2-1-3-8-18/h1-3,6-11,14-15,22,24H,4-5,12-13,16-17H2,(H,27,29)/t22-,24-/m0/s1. The minimum atomic E-state index is -0.348. The van der Waals surface area contributed by atoms with Crippen LogP contribution in [-0.2, 0) is 11.2 Å². The largest absolute Gasteiger partial charge is 0.468 e. The van der Waals surface area contributed by atoms with Crippen LogP contribution in [0.3, 0.4) is 0 Å². The van der Waals surface area contributed by atoms with Gasteiger partial charge in [0.1, 0.15) is 11.9 Å². The van der Waals surface area contributed by atoms with Gasteiger partial charge >= 0.3 is 5.97 Å². The quantitative estimate of drug-likeness (QED) is 0.591. The van der Waals surface area contributed by atoms with Crippen LogP contribution in [0.15, 0.2) is 71.3 Å². The number of carbonyl (C=O) groups is 2. The van der Waals surface area contributed by atoms with E-state index < -0.39 is 0 Å². The van der Waals surface area contributed by atoms with E-state index in [1.807, 2.05) is 48.5 Å². The zero-order valence-corrected chi connectivity index (χ0v) is 17.8. The summed E-state index contributed by atoms with van der Waals surface area (Å²) >= 11 is 0. The summed E-state index contributed by atoms with van der Waals surface area (Å²) in [7, 11) is 0. The van der Waals surface area contributed by atoms with Crippen molar-refractivity contribution in [2.75, 3.05) is 19.6 Å². The summed E-state index contributed by atoms with van der Waals surface area (Å²) in [6, 6.07) is 18.8. The summed E-state index contributed by atoms with van der Waals surface area (Å²) in [5, 5.41) is 3.07. The van der Waals surface area contributed by atoms with Crippen LogP contribution in [0.4, 0.5) is 0 Å². The van der Waals surface area contributed by atoms with Gasteiger partial charge in [0.15, 0.2) is 0 Å². The van der Waals surface area contributed by atoms with Gasteiger partial charge in [-0.3, -0.25) is 9.69 Å². The zero-order valence-electron chi connectivity index (χ0n) is 17.8. The highest BCUT2D eigenvalue weighted by molar-refractivity contribution is 5.97. The molecule has 3 heterocycles. The van der Waals surface area contributed by atoms with Gasteiger partial charge in [-0.25, -0.2) is 4.79 Å². The van der Waals surface area contributed by atoms with Crippen molar-refractivity contribution in [3.63, 3.8) is 0 Å². The van der Waals surface area contributed by atoms with Crippen molar-refractivity contribution in [3.05, 3.63) is 94.9 Å². The summed E-state index contributed by atoms with van der Waals surface area (Å²) < 4.78 is 11.3. The number of furan rings is 1. The van der Waals surface area contributed by atoms with Gasteiger partial charge in [-0.05, 0) is 67.4 Å². The van der Waals surface area contributed by atoms with Gasteiger partial charge < -0.3 is 14.5 Å². The maximum Gasteiger partial charge on any atom is 0.339 e. The van der Waals surface area contributed by atoms with Crippen LogP contribution in [0.1, 0.15) is 62.6 Å². The van der Waals surface area contributed by atoms with Crippen LogP contribution >= 0.6 is 0 Å². The van der Waals surface area contributed by atoms with E-state index in [4.69, 9.17) is 9.15 Å². The molecule has 0 bridgehead atoms. The monoisotopic (exact) mass is 430 g/mol. The van der Waals surface area contributed by atoms with Crippen LogP contribution in [0.25, 0.3) is 0 Å². The Hall–Kier alpha value is -3.38. The van der Waals surface area contributed by atoms with Crippen molar-refractivity contribution in [3.8, 4) is 0 Å². The molecule has 164 valence electrons. The third-order valence-electron chi connectivity index (χ3n) is 6.32. The predicted molar refractivity (Wildman–Crippen MR) is 119 cm³/mol. The van der Waals surface area contributed by atoms with Crippen LogP contribution in [0.2, 0.25) is 0 Å². The van der Waals surface area contributed by atoms with Crippen molar-refractivity contribution < 1.29 is 18.7 Å². The van der Waals surface area contributed by atoms with E-state index in [1.165, 1.54) is 0 Å². The van der Waals surface area contributed by atoms with Crippen molar-refractivity contribution in [2.24, 2.45) is 0 Å². The van der Waals surface area contributed by atoms with Crippen molar-refractivity contribution in [1.29, 1.82) is 0 Å². The molecule has 1 saturated heterocycles. The first-order valence-electron chi connectivity index (χ1n) is 11.1. The average molecular weight is 431 g/mol. The highest BCUT2D eigenvalue weighted by Gasteiger charge is 2.29. The molecule has 2 atom stereocenters. The van der Waals surface area contributed by atoms with Crippen LogP contribution in [0, 0.1) is 0 Å². The number of nitrogens with one attached hydrogen (secondary N) is 1. The second-order valence-corrected chi connectivity index (χ2v) is 8.37. The number of cyclic esters (lactones) is 1. The number of ether oxygens (including phenoxy) is 1. The van der Waals surface area contributed by atoms with Crippen molar-refractivity contribution in [2.45, 2.75) is 31.4 Å². The number of hydrogen-bond donors (Lipinski definition) is 1. The fourth-order valence-corrected chi connectivity index (χ4v) is 4.63. The lowest BCUT2D eigenvalue weighted by atomic mass is 9.93. The summed E-state index contributed by atoms with van der Waals surface area (Å²) in [4.78, 5) is 27.8. The molecule has 0 aliphatic carbocycles. The molecule has 5 rings (SSSR count). The number of amides is 1. The Morgan fingerprint density at radius 2 is 1.88 bits per heavy atom. The third-order valence-corrected chi connectivity index (χ3v) is 6.32. The number of esters is 1. The van der Waals surface area contributed by atoms with E-state index in [0.29, 0.717) is 24.1 Å². The minimum Gasteiger partial charge on any atom is -0.468 e. The van der Waals surface area contributed by atoms with E-state index in [2.05, 4.69) is 10.2 Å². The molecule has 1 N–H and O–H groups in total. The fourth-order valence-electron chi connectivity index (χ4n) is 4.63. The number of nitrogens with zero attached hydrogens (tertiary/aromatic N) is 1. The summed E-state index contributed by atoms with van der Waals surface area (Å²) in [5.41, 5.74) is 2.86. The van der Waals surface area contributed by atoms with Gasteiger partial charge in [0.2, 0.25) is 0 Å². The molecule has 0 radical (unpaired) electrons. The summed E-state index contributed by atoms with van der Waals surface area (Å²) in [6.07, 6.45) is 4.21. The molecule has 2 aromatic carbocycles. The SMILES string of the molecule is O=C(NC[C@@H](c1ccco1)N1CCCC1)c1ccc2c(c1)C[C@@H](c1ccccc1)OC2=O. The zero-order chi connectivity index (χ0) is 21.9. The first-order valence-corrected chi connectivity index (χ1v) is 11.1. The Morgan fingerprint density at radius 1 is 1.06 bits per heavy atom. The molecule has 6 nitrogen and oxygen atoms in total. The Bertz CT molecular complexity index is 1090. The lowest BCUT2D eigenvalue weighted by Gasteiger charge is -2.26. The molecule has 2 aliphatic rings. The Balaban J connectivity index is 1.31. The van der Waals surface area contributed by atoms with Crippen molar-refractivity contribution in [1.82, 2.24) is 10.2 Å². The highest BCUT2D eigenvalue weighted by atomic mass is 16.5. The molecule has 1 fully saturated rings. The van der Waals surface area contributed by atoms with Crippen LogP contribution in [0.5, 0.6) is 0 Å². The number of hydrogen-bond acceptors (Lipinski definition) is 5. The smallest absolute Gasteiger partial charge is 0.339 e. The second-order valence-electron chi connectivity index (χ2n) is 8.37. The van der Waals surface area contributed by atoms with Crippen LogP contribution < -0.4 is 5.32 Å². The van der Waals surface area contributed by atoms with Gasteiger partial charge in [0.05, 0.1) is 17.9 Å². The first-order chi connectivity index (χ1) is 15.7. The third kappa shape index (κ3) is 4.18. The molecule has 0 unspecified atom stereocenters. The molecule has 1 amide bonds. The van der Waals surface area contributed by atoms with E-state index in [1.54, 1.807) is 18.4 Å². The second kappa shape index (κ2) is 9.01. The predicted octanol–water partition coefficient (Wildman–Crippen LogP) is 4.30. The van der Waals surface area contributed by atoms with Gasteiger partial charge in [-0.15, -0.1) is 0 Å². The number of fused-ring (bicyclic) bond motifs is 1. The normalized spacial score (nSPS) is 19.2. The Labute approximate surface area is 187 Å². The molecule has 0 saturated carbocycles. The summed E-state index contributed by atoms with van der Waals surface area (Å²) in [5.74, 6) is 0.365. The van der Waals surface area contributed by atoms with Gasteiger partial charge in [0, 0.05) is 18.5 Å². The molecule has 1 aromatic heterocycles. The van der Waals surface area contributed by atoms with E-state index in [0.717, 1.165) is 42.8 Å². The molecular formula is C26H26N2O4. The number of benzene rings is 2. The van der Waals surface area contributed by atoms with E-state index in [-0.39, 0.29) is 24.0 Å². The fraction of sp³-hybridized carbons (Fsp3) is 0.308. The molecule has 0 spiro atoms. The number of rotatable bonds is 6. The van der Waals surface area contributed by atoms with Crippen molar-refractivity contribution >= 4 is 11.9 Å². The highest BCUT2D eigenvalue weighted by Crippen LogP contribution is 2.31. The van der Waals surface area contributed by atoms with Gasteiger partial charge in [-0.1, -0.05) is 30.3 Å². The molecule has 32 heavy (non-hydrogen) atoms. The molecule has 3 aromatic rings. The topological polar surface area (TPSA) is 71.8 Å². The van der Waals surface area contributed by atoms with Gasteiger partial charge in [-0.2, -0.15) is 0 Å². The first kappa shape index (κ1) is 20.5. The average Bonchev–Trinajstić information content (AvgIpc) is 3.54. The van der Waals surface area contributed by atoms with E-state index in [9.17, 15) is 9.59 Å². The molecular weight excluding hydrogens is 404 g/mol. The summed E-state index contributed by atoms with van der Waals surface area (Å²) in [6.45, 7) is 2.48. The minimum absolute atomic E-state index is 0.0199. The van der Waals surface area contributed by atoms with Crippen LogP contribution in [-0.4, -0.2) is 36.4 Å². The maximum absolute atomic E-state index is 13.0. The van der Waals surface area contributed by atoms with Gasteiger partial charge in [0.25, 0.3) is 5.91 Å².